The number of carbonyl (C=O) groups excluding carboxylic acids is 2. The first kappa shape index (κ1) is 24.8. The van der Waals surface area contributed by atoms with Gasteiger partial charge in [-0.15, -0.1) is 0 Å². The second kappa shape index (κ2) is 13.0. The fraction of sp³-hybridized carbons (Fsp3) is 0.889. The lowest BCUT2D eigenvalue weighted by Crippen LogP contribution is -2.28. The summed E-state index contributed by atoms with van der Waals surface area (Å²) in [5.41, 5.74) is -1.05. The predicted molar refractivity (Wildman–Crippen MR) is 94.0 cm³/mol. The molecule has 8 heteroatoms. The monoisotopic (exact) mass is 378 g/mol. The van der Waals surface area contributed by atoms with Gasteiger partial charge in [0.15, 0.2) is 0 Å². The highest BCUT2D eigenvalue weighted by Crippen LogP contribution is 2.17. The van der Waals surface area contributed by atoms with Crippen molar-refractivity contribution in [2.75, 3.05) is 26.4 Å². The highest BCUT2D eigenvalue weighted by Gasteiger charge is 2.22. The average Bonchev–Trinajstić information content (AvgIpc) is 2.54. The number of rotatable bonds is 15. The normalized spacial score (nSPS) is 12.1. The smallest absolute Gasteiger partial charge is 0.367 e. The molecule has 0 aromatic rings. The van der Waals surface area contributed by atoms with Crippen molar-refractivity contribution >= 4 is 11.9 Å². The van der Waals surface area contributed by atoms with Crippen molar-refractivity contribution in [3.05, 3.63) is 0 Å². The van der Waals surface area contributed by atoms with Crippen molar-refractivity contribution in [3.8, 4) is 0 Å². The van der Waals surface area contributed by atoms with Crippen LogP contribution >= 0.6 is 0 Å². The van der Waals surface area contributed by atoms with E-state index in [9.17, 15) is 9.59 Å². The standard InChI is InChI=1S/C18H34O8/c1-7-9-17(3,4)25-23-15(19)13-21-11-12-22-14-16(20)24-26-18(5,6)10-8-2/h7-14H2,1-6H3. The molecule has 0 aliphatic carbocycles. The molecule has 8 nitrogen and oxygen atoms in total. The average molecular weight is 378 g/mol. The summed E-state index contributed by atoms with van der Waals surface area (Å²) in [5.74, 6) is -1.25. The van der Waals surface area contributed by atoms with Crippen LogP contribution < -0.4 is 0 Å². The maximum atomic E-state index is 11.5. The first-order valence-corrected chi connectivity index (χ1v) is 9.04. The lowest BCUT2D eigenvalue weighted by Gasteiger charge is -2.21. The Kier molecular flexibility index (Phi) is 12.4. The molecule has 154 valence electrons. The molecule has 0 radical (unpaired) electrons. The van der Waals surface area contributed by atoms with Gasteiger partial charge in [-0.1, -0.05) is 26.7 Å². The van der Waals surface area contributed by atoms with E-state index in [4.69, 9.17) is 29.0 Å². The fourth-order valence-corrected chi connectivity index (χ4v) is 2.08. The Labute approximate surface area is 156 Å². The van der Waals surface area contributed by atoms with E-state index in [1.165, 1.54) is 0 Å². The molecule has 0 amide bonds. The zero-order valence-electron chi connectivity index (χ0n) is 16.9. The van der Waals surface area contributed by atoms with E-state index in [0.717, 1.165) is 25.7 Å². The lowest BCUT2D eigenvalue weighted by molar-refractivity contribution is -0.328. The van der Waals surface area contributed by atoms with Crippen molar-refractivity contribution < 1.29 is 38.6 Å². The molecule has 0 N–H and O–H groups in total. The van der Waals surface area contributed by atoms with Crippen LogP contribution in [0.2, 0.25) is 0 Å². The van der Waals surface area contributed by atoms with E-state index in [1.54, 1.807) is 0 Å². The van der Waals surface area contributed by atoms with Gasteiger partial charge < -0.3 is 9.47 Å². The van der Waals surface area contributed by atoms with Crippen LogP contribution in [0.5, 0.6) is 0 Å². The van der Waals surface area contributed by atoms with E-state index >= 15 is 0 Å². The summed E-state index contributed by atoms with van der Waals surface area (Å²) < 4.78 is 10.2. The van der Waals surface area contributed by atoms with Gasteiger partial charge in [0, 0.05) is 0 Å². The molecular formula is C18H34O8. The minimum Gasteiger partial charge on any atom is -0.367 e. The molecule has 0 unspecified atom stereocenters. The third-order valence-electron chi connectivity index (χ3n) is 3.24. The number of hydrogen-bond acceptors (Lipinski definition) is 8. The number of carbonyl (C=O) groups is 2. The minimum absolute atomic E-state index is 0.128. The molecule has 0 aliphatic heterocycles. The van der Waals surface area contributed by atoms with Gasteiger partial charge in [-0.3, -0.25) is 9.78 Å². The molecule has 0 aliphatic rings. The van der Waals surface area contributed by atoms with Crippen LogP contribution in [0.15, 0.2) is 0 Å². The Morgan fingerprint density at radius 3 is 1.35 bits per heavy atom. The van der Waals surface area contributed by atoms with Gasteiger partial charge in [-0.2, -0.15) is 9.78 Å². The Bertz CT molecular complexity index is 368. The van der Waals surface area contributed by atoms with Gasteiger partial charge in [-0.05, 0) is 40.5 Å². The molecule has 0 atom stereocenters. The van der Waals surface area contributed by atoms with Crippen molar-refractivity contribution in [1.82, 2.24) is 0 Å². The maximum Gasteiger partial charge on any atom is 0.367 e. The van der Waals surface area contributed by atoms with Crippen LogP contribution in [0.1, 0.15) is 67.2 Å². The van der Waals surface area contributed by atoms with Crippen LogP contribution in [0.3, 0.4) is 0 Å². The van der Waals surface area contributed by atoms with Crippen molar-refractivity contribution in [2.24, 2.45) is 0 Å². The quantitative estimate of drug-likeness (QED) is 0.244. The van der Waals surface area contributed by atoms with Crippen LogP contribution in [-0.2, 0) is 38.6 Å². The van der Waals surface area contributed by atoms with E-state index < -0.39 is 23.1 Å². The lowest BCUT2D eigenvalue weighted by atomic mass is 10.0. The third-order valence-corrected chi connectivity index (χ3v) is 3.24. The molecule has 0 bridgehead atoms. The maximum absolute atomic E-state index is 11.5. The summed E-state index contributed by atoms with van der Waals surface area (Å²) in [6.45, 7) is 11.1. The van der Waals surface area contributed by atoms with Crippen LogP contribution in [0, 0.1) is 0 Å². The molecule has 0 heterocycles. The molecule has 0 saturated heterocycles. The Hall–Kier alpha value is -1.22. The topological polar surface area (TPSA) is 89.5 Å². The molecule has 0 fully saturated rings. The van der Waals surface area contributed by atoms with Crippen LogP contribution in [0.4, 0.5) is 0 Å². The predicted octanol–water partition coefficient (Wildman–Crippen LogP) is 3.13. The van der Waals surface area contributed by atoms with Crippen LogP contribution in [-0.4, -0.2) is 49.6 Å². The molecule has 0 saturated carbocycles. The van der Waals surface area contributed by atoms with Gasteiger partial charge in [-0.25, -0.2) is 9.59 Å². The summed E-state index contributed by atoms with van der Waals surface area (Å²) >= 11 is 0. The molecule has 0 aromatic heterocycles. The van der Waals surface area contributed by atoms with E-state index in [1.807, 2.05) is 41.5 Å². The van der Waals surface area contributed by atoms with E-state index in [-0.39, 0.29) is 26.4 Å². The second-order valence-electron chi connectivity index (χ2n) is 7.20. The van der Waals surface area contributed by atoms with Crippen molar-refractivity contribution in [3.63, 3.8) is 0 Å². The fourth-order valence-electron chi connectivity index (χ4n) is 2.08. The Balaban J connectivity index is 3.66. The summed E-state index contributed by atoms with van der Waals surface area (Å²) in [6.07, 6.45) is 3.37. The molecule has 0 aromatic carbocycles. The third kappa shape index (κ3) is 14.0. The SMILES string of the molecule is CCCC(C)(C)OOC(=O)COCCOCC(=O)OOC(C)(C)CCC. The van der Waals surface area contributed by atoms with Crippen LogP contribution in [0.25, 0.3) is 0 Å². The minimum atomic E-state index is -0.625. The van der Waals surface area contributed by atoms with Crippen molar-refractivity contribution in [1.29, 1.82) is 0 Å². The highest BCUT2D eigenvalue weighted by atomic mass is 17.2. The number of ether oxygens (including phenoxy) is 2. The van der Waals surface area contributed by atoms with E-state index in [2.05, 4.69) is 0 Å². The summed E-state index contributed by atoms with van der Waals surface area (Å²) in [6, 6.07) is 0. The summed E-state index contributed by atoms with van der Waals surface area (Å²) in [4.78, 5) is 42.5. The van der Waals surface area contributed by atoms with Gasteiger partial charge in [0.2, 0.25) is 0 Å². The second-order valence-corrected chi connectivity index (χ2v) is 7.20. The van der Waals surface area contributed by atoms with Gasteiger partial charge in [0.1, 0.15) is 24.4 Å². The first-order valence-electron chi connectivity index (χ1n) is 9.04. The number of hydrogen-bond donors (Lipinski definition) is 0. The zero-order valence-corrected chi connectivity index (χ0v) is 16.9. The van der Waals surface area contributed by atoms with Gasteiger partial charge >= 0.3 is 11.9 Å². The van der Waals surface area contributed by atoms with Crippen molar-refractivity contribution in [2.45, 2.75) is 78.4 Å². The highest BCUT2D eigenvalue weighted by molar-refractivity contribution is 5.70. The molecular weight excluding hydrogens is 344 g/mol. The Morgan fingerprint density at radius 2 is 1.04 bits per heavy atom. The first-order chi connectivity index (χ1) is 12.1. The summed E-state index contributed by atoms with van der Waals surface area (Å²) in [7, 11) is 0. The molecule has 26 heavy (non-hydrogen) atoms. The largest absolute Gasteiger partial charge is 0.367 e. The summed E-state index contributed by atoms with van der Waals surface area (Å²) in [5, 5.41) is 0. The van der Waals surface area contributed by atoms with Gasteiger partial charge in [0.05, 0.1) is 13.2 Å². The van der Waals surface area contributed by atoms with Gasteiger partial charge in [0.25, 0.3) is 0 Å². The Morgan fingerprint density at radius 1 is 0.692 bits per heavy atom. The molecule has 0 rings (SSSR count). The zero-order chi connectivity index (χ0) is 20.1. The van der Waals surface area contributed by atoms with E-state index in [0.29, 0.717) is 0 Å². The molecule has 0 spiro atoms.